The molecule has 2 aromatic rings. The average Bonchev–Trinajstić information content (AvgIpc) is 2.66. The van der Waals surface area contributed by atoms with Crippen LogP contribution in [0.5, 0.6) is 0 Å². The van der Waals surface area contributed by atoms with E-state index in [-0.39, 0.29) is 18.9 Å². The molecule has 0 spiro atoms. The van der Waals surface area contributed by atoms with Gasteiger partial charge in [-0.2, -0.15) is 0 Å². The first-order valence-electron chi connectivity index (χ1n) is 7.87. The number of benzene rings is 2. The minimum Gasteiger partial charge on any atom is -0.347 e. The van der Waals surface area contributed by atoms with Gasteiger partial charge in [-0.25, -0.2) is 13.2 Å². The summed E-state index contributed by atoms with van der Waals surface area (Å²) in [6.07, 6.45) is 0.101. The average molecular weight is 379 g/mol. The number of hydrogen-bond acceptors (Lipinski definition) is 3. The topological polar surface area (TPSA) is 87.3 Å². The number of carbonyl (C=O) groups excluding carboxylic acids is 3. The molecule has 142 valence electrons. The molecule has 0 radical (unpaired) electrons. The van der Waals surface area contributed by atoms with Gasteiger partial charge in [-0.1, -0.05) is 30.3 Å². The summed E-state index contributed by atoms with van der Waals surface area (Å²) in [6, 6.07) is 10.4. The van der Waals surface area contributed by atoms with E-state index in [2.05, 4.69) is 10.6 Å². The number of hydrogen-bond donors (Lipinski definition) is 3. The van der Waals surface area contributed by atoms with Crippen LogP contribution >= 0.6 is 0 Å². The minimum atomic E-state index is -1.71. The van der Waals surface area contributed by atoms with Gasteiger partial charge in [0.25, 0.3) is 0 Å². The second-order valence-corrected chi connectivity index (χ2v) is 5.49. The van der Waals surface area contributed by atoms with Crippen molar-refractivity contribution in [1.82, 2.24) is 10.6 Å². The van der Waals surface area contributed by atoms with Crippen molar-refractivity contribution in [2.24, 2.45) is 0 Å². The van der Waals surface area contributed by atoms with Crippen LogP contribution in [0.4, 0.5) is 18.9 Å². The third kappa shape index (κ3) is 6.14. The summed E-state index contributed by atoms with van der Waals surface area (Å²) in [5.41, 5.74) is 0.229. The first-order chi connectivity index (χ1) is 12.9. The van der Waals surface area contributed by atoms with E-state index < -0.39 is 41.5 Å². The quantitative estimate of drug-likeness (QED) is 0.638. The highest BCUT2D eigenvalue weighted by Gasteiger charge is 2.15. The second kappa shape index (κ2) is 9.37. The van der Waals surface area contributed by atoms with Gasteiger partial charge >= 0.3 is 0 Å². The standard InChI is InChI=1S/C18H16F3N3O3/c19-12-6-7-13(18(21)17(12)20)24-16(27)10-23-15(26)9-22-14(25)8-11-4-2-1-3-5-11/h1-7H,8-10H2,(H,22,25)(H,23,26)(H,24,27). The highest BCUT2D eigenvalue weighted by atomic mass is 19.2. The SMILES string of the molecule is O=C(CNC(=O)Cc1ccccc1)NCC(=O)Nc1ccc(F)c(F)c1F. The highest BCUT2D eigenvalue weighted by molar-refractivity contribution is 5.95. The van der Waals surface area contributed by atoms with Crippen molar-refractivity contribution in [1.29, 1.82) is 0 Å². The van der Waals surface area contributed by atoms with Crippen LogP contribution in [-0.4, -0.2) is 30.8 Å². The van der Waals surface area contributed by atoms with Gasteiger partial charge < -0.3 is 16.0 Å². The Morgan fingerprint density at radius 1 is 0.741 bits per heavy atom. The fourth-order valence-electron chi connectivity index (χ4n) is 2.08. The first-order valence-corrected chi connectivity index (χ1v) is 7.87. The summed E-state index contributed by atoms with van der Waals surface area (Å²) in [7, 11) is 0. The predicted molar refractivity (Wildman–Crippen MR) is 91.1 cm³/mol. The first kappa shape index (κ1) is 20.0. The van der Waals surface area contributed by atoms with Crippen LogP contribution in [0.1, 0.15) is 5.56 Å². The van der Waals surface area contributed by atoms with Gasteiger partial charge in [0.2, 0.25) is 17.7 Å². The lowest BCUT2D eigenvalue weighted by atomic mass is 10.1. The zero-order chi connectivity index (χ0) is 19.8. The van der Waals surface area contributed by atoms with Crippen molar-refractivity contribution >= 4 is 23.4 Å². The Hall–Kier alpha value is -3.36. The Morgan fingerprint density at radius 3 is 2.07 bits per heavy atom. The lowest BCUT2D eigenvalue weighted by molar-refractivity contribution is -0.126. The fourth-order valence-corrected chi connectivity index (χ4v) is 2.08. The zero-order valence-electron chi connectivity index (χ0n) is 14.0. The van der Waals surface area contributed by atoms with Crippen LogP contribution in [0.3, 0.4) is 0 Å². The molecule has 0 saturated heterocycles. The van der Waals surface area contributed by atoms with E-state index in [9.17, 15) is 27.6 Å². The van der Waals surface area contributed by atoms with E-state index >= 15 is 0 Å². The van der Waals surface area contributed by atoms with Gasteiger partial charge in [-0.05, 0) is 17.7 Å². The summed E-state index contributed by atoms with van der Waals surface area (Å²) in [6.45, 7) is -0.885. The van der Waals surface area contributed by atoms with Crippen LogP contribution in [-0.2, 0) is 20.8 Å². The molecule has 0 aromatic heterocycles. The maximum absolute atomic E-state index is 13.4. The molecule has 0 fully saturated rings. The molecule has 0 saturated carbocycles. The Labute approximate surface area is 152 Å². The van der Waals surface area contributed by atoms with E-state index in [1.807, 2.05) is 11.4 Å². The third-order valence-electron chi connectivity index (χ3n) is 3.41. The summed E-state index contributed by atoms with van der Waals surface area (Å²) in [5, 5.41) is 6.61. The maximum Gasteiger partial charge on any atom is 0.243 e. The summed E-state index contributed by atoms with van der Waals surface area (Å²) in [4.78, 5) is 35.0. The Kier molecular flexibility index (Phi) is 6.93. The zero-order valence-corrected chi connectivity index (χ0v) is 14.0. The molecule has 0 unspecified atom stereocenters. The number of amides is 3. The molecule has 0 heterocycles. The molecule has 2 aromatic carbocycles. The molecule has 0 aliphatic rings. The van der Waals surface area contributed by atoms with Gasteiger partial charge in [0, 0.05) is 0 Å². The molecule has 0 bridgehead atoms. The molecule has 0 aliphatic carbocycles. The summed E-state index contributed by atoms with van der Waals surface area (Å²) >= 11 is 0. The van der Waals surface area contributed by atoms with Gasteiger partial charge in [0.05, 0.1) is 25.2 Å². The number of halogens is 3. The lowest BCUT2D eigenvalue weighted by Gasteiger charge is -2.09. The minimum absolute atomic E-state index is 0.101. The molecule has 2 rings (SSSR count). The van der Waals surface area contributed by atoms with Crippen LogP contribution in [0.15, 0.2) is 42.5 Å². The molecule has 3 amide bonds. The number of rotatable bonds is 7. The fraction of sp³-hybridized carbons (Fsp3) is 0.167. The molecule has 27 heavy (non-hydrogen) atoms. The molecule has 6 nitrogen and oxygen atoms in total. The van der Waals surface area contributed by atoms with E-state index in [1.54, 1.807) is 24.3 Å². The van der Waals surface area contributed by atoms with Crippen LogP contribution in [0.25, 0.3) is 0 Å². The van der Waals surface area contributed by atoms with Crippen molar-refractivity contribution in [2.45, 2.75) is 6.42 Å². The van der Waals surface area contributed by atoms with Gasteiger partial charge in [0.1, 0.15) is 0 Å². The van der Waals surface area contributed by atoms with E-state index in [0.29, 0.717) is 6.07 Å². The Bertz CT molecular complexity index is 844. The summed E-state index contributed by atoms with van der Waals surface area (Å²) in [5.74, 6) is -6.49. The van der Waals surface area contributed by atoms with Crippen molar-refractivity contribution in [2.75, 3.05) is 18.4 Å². The predicted octanol–water partition coefficient (Wildman–Crippen LogP) is 1.52. The van der Waals surface area contributed by atoms with Crippen molar-refractivity contribution in [3.8, 4) is 0 Å². The van der Waals surface area contributed by atoms with Gasteiger partial charge in [-0.3, -0.25) is 14.4 Å². The number of carbonyl (C=O) groups is 3. The highest BCUT2D eigenvalue weighted by Crippen LogP contribution is 2.19. The number of anilines is 1. The largest absolute Gasteiger partial charge is 0.347 e. The molecule has 0 aliphatic heterocycles. The van der Waals surface area contributed by atoms with Crippen molar-refractivity contribution < 1.29 is 27.6 Å². The normalized spacial score (nSPS) is 10.2. The third-order valence-corrected chi connectivity index (χ3v) is 3.41. The Morgan fingerprint density at radius 2 is 1.37 bits per heavy atom. The van der Waals surface area contributed by atoms with Crippen molar-refractivity contribution in [3.63, 3.8) is 0 Å². The Balaban J connectivity index is 1.73. The lowest BCUT2D eigenvalue weighted by Crippen LogP contribution is -2.40. The molecule has 3 N–H and O–H groups in total. The van der Waals surface area contributed by atoms with E-state index in [0.717, 1.165) is 11.6 Å². The maximum atomic E-state index is 13.4. The molecule has 0 atom stereocenters. The van der Waals surface area contributed by atoms with E-state index in [1.165, 1.54) is 0 Å². The van der Waals surface area contributed by atoms with Crippen LogP contribution < -0.4 is 16.0 Å². The molecular weight excluding hydrogens is 363 g/mol. The summed E-state index contributed by atoms with van der Waals surface area (Å²) < 4.78 is 39.3. The smallest absolute Gasteiger partial charge is 0.243 e. The number of nitrogens with one attached hydrogen (secondary N) is 3. The molecule has 9 heteroatoms. The van der Waals surface area contributed by atoms with Crippen molar-refractivity contribution in [3.05, 3.63) is 65.5 Å². The van der Waals surface area contributed by atoms with Gasteiger partial charge in [0.15, 0.2) is 17.5 Å². The second-order valence-electron chi connectivity index (χ2n) is 5.49. The van der Waals surface area contributed by atoms with Crippen LogP contribution in [0.2, 0.25) is 0 Å². The van der Waals surface area contributed by atoms with Gasteiger partial charge in [-0.15, -0.1) is 0 Å². The molecular formula is C18H16F3N3O3. The van der Waals surface area contributed by atoms with Crippen LogP contribution in [0, 0.1) is 17.5 Å². The monoisotopic (exact) mass is 379 g/mol. The van der Waals surface area contributed by atoms with E-state index in [4.69, 9.17) is 0 Å².